The van der Waals surface area contributed by atoms with Crippen molar-refractivity contribution in [2.24, 2.45) is 5.41 Å². The highest BCUT2D eigenvalue weighted by atomic mass is 16.5. The highest BCUT2D eigenvalue weighted by Gasteiger charge is 2.39. The molecule has 0 spiro atoms. The van der Waals surface area contributed by atoms with Crippen molar-refractivity contribution in [3.63, 3.8) is 0 Å². The van der Waals surface area contributed by atoms with Gasteiger partial charge in [-0.2, -0.15) is 0 Å². The van der Waals surface area contributed by atoms with Gasteiger partial charge < -0.3 is 19.8 Å². The molecule has 1 heterocycles. The number of aliphatic carboxylic acids is 1. The number of ether oxygens (including phenoxy) is 1. The fourth-order valence-electron chi connectivity index (χ4n) is 2.74. The third-order valence-electron chi connectivity index (χ3n) is 4.68. The minimum atomic E-state index is -1.01. The van der Waals surface area contributed by atoms with Crippen LogP contribution in [0.4, 0.5) is 0 Å². The number of hydrogen-bond acceptors (Lipinski definition) is 4. The predicted molar refractivity (Wildman–Crippen MR) is 77.9 cm³/mol. The Balaban J connectivity index is 2.67. The molecule has 0 radical (unpaired) electrons. The van der Waals surface area contributed by atoms with Gasteiger partial charge in [0.2, 0.25) is 5.91 Å². The molecule has 0 atom stereocenters. The van der Waals surface area contributed by atoms with E-state index in [9.17, 15) is 19.8 Å². The van der Waals surface area contributed by atoms with Gasteiger partial charge in [-0.15, -0.1) is 0 Å². The van der Waals surface area contributed by atoms with E-state index in [4.69, 9.17) is 4.74 Å². The molecule has 1 rings (SSSR count). The molecule has 0 aromatic heterocycles. The zero-order chi connectivity index (χ0) is 16.1. The third-order valence-corrected chi connectivity index (χ3v) is 4.68. The first-order valence-electron chi connectivity index (χ1n) is 7.56. The second-order valence-electron chi connectivity index (χ2n) is 6.06. The molecule has 1 saturated heterocycles. The number of carbonyl (C=O) groups is 2. The Morgan fingerprint density at radius 2 is 1.76 bits per heavy atom. The van der Waals surface area contributed by atoms with Gasteiger partial charge in [0.05, 0.1) is 11.0 Å². The van der Waals surface area contributed by atoms with E-state index in [1.807, 2.05) is 0 Å². The van der Waals surface area contributed by atoms with Crippen LogP contribution in [-0.2, 0) is 14.3 Å². The minimum Gasteiger partial charge on any atom is -0.481 e. The summed E-state index contributed by atoms with van der Waals surface area (Å²) in [6.45, 7) is 4.77. The van der Waals surface area contributed by atoms with E-state index in [-0.39, 0.29) is 18.9 Å². The monoisotopic (exact) mass is 301 g/mol. The smallest absolute Gasteiger partial charge is 0.310 e. The van der Waals surface area contributed by atoms with Crippen molar-refractivity contribution in [1.82, 2.24) is 4.90 Å². The lowest BCUT2D eigenvalue weighted by Gasteiger charge is -2.36. The summed E-state index contributed by atoms with van der Waals surface area (Å²) >= 11 is 0. The number of carboxylic acids is 1. The molecule has 0 aromatic rings. The van der Waals surface area contributed by atoms with Crippen molar-refractivity contribution in [3.8, 4) is 0 Å². The van der Waals surface area contributed by atoms with Crippen LogP contribution in [0.2, 0.25) is 0 Å². The first-order chi connectivity index (χ1) is 9.78. The van der Waals surface area contributed by atoms with Crippen molar-refractivity contribution in [2.45, 2.75) is 51.6 Å². The zero-order valence-electron chi connectivity index (χ0n) is 13.2. The number of rotatable bonds is 7. The quantitative estimate of drug-likeness (QED) is 0.739. The standard InChI is InChI=1S/C15H27NO5/c1-4-14(5-2,13(18)19)10-12(17)16(3)11-15(20)6-8-21-9-7-15/h20H,4-11H2,1-3H3,(H,18,19). The maximum atomic E-state index is 12.3. The van der Waals surface area contributed by atoms with E-state index < -0.39 is 17.0 Å². The number of carbonyl (C=O) groups excluding carboxylic acids is 1. The summed E-state index contributed by atoms with van der Waals surface area (Å²) in [6.07, 6.45) is 1.79. The molecule has 21 heavy (non-hydrogen) atoms. The molecule has 1 aliphatic heterocycles. The van der Waals surface area contributed by atoms with Gasteiger partial charge >= 0.3 is 5.97 Å². The number of aliphatic hydroxyl groups is 1. The fraction of sp³-hybridized carbons (Fsp3) is 0.867. The molecule has 1 aliphatic rings. The average Bonchev–Trinajstić information content (AvgIpc) is 2.44. The molecule has 1 amide bonds. The first kappa shape index (κ1) is 17.9. The number of carboxylic acid groups (broad SMARTS) is 1. The van der Waals surface area contributed by atoms with E-state index in [1.165, 1.54) is 4.90 Å². The van der Waals surface area contributed by atoms with Crippen LogP contribution in [0, 0.1) is 5.41 Å². The third kappa shape index (κ3) is 4.41. The minimum absolute atomic E-state index is 0.0294. The van der Waals surface area contributed by atoms with Crippen LogP contribution in [0.15, 0.2) is 0 Å². The van der Waals surface area contributed by atoms with Crippen molar-refractivity contribution < 1.29 is 24.5 Å². The topological polar surface area (TPSA) is 87.1 Å². The van der Waals surface area contributed by atoms with E-state index in [0.717, 1.165) is 0 Å². The van der Waals surface area contributed by atoms with Crippen LogP contribution in [-0.4, -0.2) is 59.4 Å². The van der Waals surface area contributed by atoms with Gasteiger partial charge in [-0.05, 0) is 12.8 Å². The van der Waals surface area contributed by atoms with Crippen molar-refractivity contribution in [2.75, 3.05) is 26.8 Å². The summed E-state index contributed by atoms with van der Waals surface area (Å²) in [5.74, 6) is -1.17. The Morgan fingerprint density at radius 1 is 1.24 bits per heavy atom. The van der Waals surface area contributed by atoms with Crippen molar-refractivity contribution >= 4 is 11.9 Å². The fourth-order valence-corrected chi connectivity index (χ4v) is 2.74. The van der Waals surface area contributed by atoms with E-state index in [2.05, 4.69) is 0 Å². The Kier molecular flexibility index (Phi) is 6.16. The van der Waals surface area contributed by atoms with Gasteiger partial charge in [0.1, 0.15) is 0 Å². The molecule has 0 saturated carbocycles. The predicted octanol–water partition coefficient (Wildman–Crippen LogP) is 1.27. The van der Waals surface area contributed by atoms with E-state index in [1.54, 1.807) is 20.9 Å². The highest BCUT2D eigenvalue weighted by Crippen LogP contribution is 2.32. The summed E-state index contributed by atoms with van der Waals surface area (Å²) < 4.78 is 5.21. The van der Waals surface area contributed by atoms with Gasteiger partial charge in [0.15, 0.2) is 0 Å². The largest absolute Gasteiger partial charge is 0.481 e. The maximum Gasteiger partial charge on any atom is 0.310 e. The number of hydrogen-bond donors (Lipinski definition) is 2. The molecule has 0 aromatic carbocycles. The average molecular weight is 301 g/mol. The Hall–Kier alpha value is -1.14. The van der Waals surface area contributed by atoms with Gasteiger partial charge in [-0.1, -0.05) is 13.8 Å². The highest BCUT2D eigenvalue weighted by molar-refractivity contribution is 5.84. The van der Waals surface area contributed by atoms with Crippen LogP contribution < -0.4 is 0 Å². The second-order valence-corrected chi connectivity index (χ2v) is 6.06. The Bertz CT molecular complexity index is 372. The Morgan fingerprint density at radius 3 is 2.19 bits per heavy atom. The lowest BCUT2D eigenvalue weighted by Crippen LogP contribution is -2.48. The van der Waals surface area contributed by atoms with Crippen LogP contribution in [0.25, 0.3) is 0 Å². The lowest BCUT2D eigenvalue weighted by atomic mass is 9.79. The number of nitrogens with zero attached hydrogens (tertiary/aromatic N) is 1. The molecular weight excluding hydrogens is 274 g/mol. The van der Waals surface area contributed by atoms with Crippen LogP contribution in [0.1, 0.15) is 46.0 Å². The first-order valence-corrected chi connectivity index (χ1v) is 7.56. The van der Waals surface area contributed by atoms with Crippen LogP contribution in [0.3, 0.4) is 0 Å². The molecule has 6 heteroatoms. The van der Waals surface area contributed by atoms with E-state index in [0.29, 0.717) is 38.9 Å². The van der Waals surface area contributed by atoms with Gasteiger partial charge in [0.25, 0.3) is 0 Å². The molecule has 0 unspecified atom stereocenters. The second kappa shape index (κ2) is 7.22. The molecule has 0 bridgehead atoms. The Labute approximate surface area is 126 Å². The molecule has 2 N–H and O–H groups in total. The van der Waals surface area contributed by atoms with Gasteiger partial charge in [0, 0.05) is 46.1 Å². The van der Waals surface area contributed by atoms with E-state index >= 15 is 0 Å². The summed E-state index contributed by atoms with van der Waals surface area (Å²) in [6, 6.07) is 0. The summed E-state index contributed by atoms with van der Waals surface area (Å²) in [7, 11) is 1.62. The summed E-state index contributed by atoms with van der Waals surface area (Å²) in [5, 5.41) is 19.8. The SMILES string of the molecule is CCC(CC)(CC(=O)N(C)CC1(O)CCOCC1)C(=O)O. The molecule has 1 fully saturated rings. The van der Waals surface area contributed by atoms with Gasteiger partial charge in [-0.3, -0.25) is 9.59 Å². The number of amides is 1. The molecular formula is C15H27NO5. The van der Waals surface area contributed by atoms with Crippen molar-refractivity contribution in [3.05, 3.63) is 0 Å². The normalized spacial score (nSPS) is 18.3. The van der Waals surface area contributed by atoms with Crippen molar-refractivity contribution in [1.29, 1.82) is 0 Å². The zero-order valence-corrected chi connectivity index (χ0v) is 13.2. The maximum absolute atomic E-state index is 12.3. The molecule has 6 nitrogen and oxygen atoms in total. The lowest BCUT2D eigenvalue weighted by molar-refractivity contribution is -0.155. The van der Waals surface area contributed by atoms with Crippen LogP contribution >= 0.6 is 0 Å². The number of likely N-dealkylation sites (N-methyl/N-ethyl adjacent to an activating group) is 1. The molecule has 0 aliphatic carbocycles. The summed E-state index contributed by atoms with van der Waals surface area (Å²) in [4.78, 5) is 25.2. The van der Waals surface area contributed by atoms with Gasteiger partial charge in [-0.25, -0.2) is 0 Å². The summed E-state index contributed by atoms with van der Waals surface area (Å²) in [5.41, 5.74) is -1.93. The van der Waals surface area contributed by atoms with Crippen LogP contribution in [0.5, 0.6) is 0 Å². The molecule has 122 valence electrons.